The predicted octanol–water partition coefficient (Wildman–Crippen LogP) is 6.74. The third-order valence-electron chi connectivity index (χ3n) is 4.22. The van der Waals surface area contributed by atoms with Crippen LogP contribution >= 0.6 is 34.8 Å². The second-order valence-electron chi connectivity index (χ2n) is 6.00. The van der Waals surface area contributed by atoms with Crippen molar-refractivity contribution in [1.82, 2.24) is 9.55 Å². The molecule has 0 aliphatic heterocycles. The number of halogens is 3. The largest absolute Gasteiger partial charge is 0.492 e. The molecule has 0 spiro atoms. The maximum atomic E-state index is 6.43. The van der Waals surface area contributed by atoms with Crippen LogP contribution in [0.15, 0.2) is 66.7 Å². The Bertz CT molecular complexity index is 1090. The highest BCUT2D eigenvalue weighted by atomic mass is 35.5. The van der Waals surface area contributed by atoms with Gasteiger partial charge in [-0.2, -0.15) is 0 Å². The van der Waals surface area contributed by atoms with Crippen molar-refractivity contribution in [1.29, 1.82) is 0 Å². The third-order valence-corrected chi connectivity index (χ3v) is 5.02. The van der Waals surface area contributed by atoms with Crippen LogP contribution in [-0.2, 0) is 6.54 Å². The molecule has 0 saturated heterocycles. The first-order valence-electron chi connectivity index (χ1n) is 8.41. The Hall–Kier alpha value is -2.20. The predicted molar refractivity (Wildman–Crippen MR) is 112 cm³/mol. The Morgan fingerprint density at radius 2 is 1.59 bits per heavy atom. The van der Waals surface area contributed by atoms with Crippen molar-refractivity contribution in [3.63, 3.8) is 0 Å². The molecule has 0 aliphatic rings. The molecule has 0 amide bonds. The molecule has 1 aromatic heterocycles. The van der Waals surface area contributed by atoms with Gasteiger partial charge < -0.3 is 9.30 Å². The lowest BCUT2D eigenvalue weighted by molar-refractivity contribution is 0.301. The summed E-state index contributed by atoms with van der Waals surface area (Å²) >= 11 is 18.4. The first-order chi connectivity index (χ1) is 13.1. The molecular formula is C21H15Cl3N2O. The van der Waals surface area contributed by atoms with E-state index in [9.17, 15) is 0 Å². The van der Waals surface area contributed by atoms with Crippen molar-refractivity contribution in [2.75, 3.05) is 6.61 Å². The Labute approximate surface area is 172 Å². The number of hydrogen-bond acceptors (Lipinski definition) is 2. The molecule has 0 aliphatic carbocycles. The van der Waals surface area contributed by atoms with Crippen molar-refractivity contribution in [2.24, 2.45) is 0 Å². The van der Waals surface area contributed by atoms with Crippen LogP contribution in [0.5, 0.6) is 5.75 Å². The van der Waals surface area contributed by atoms with E-state index in [0.717, 1.165) is 28.2 Å². The Morgan fingerprint density at radius 3 is 2.37 bits per heavy atom. The maximum Gasteiger partial charge on any atom is 0.142 e. The first kappa shape index (κ1) is 18.2. The lowest BCUT2D eigenvalue weighted by atomic mass is 10.2. The van der Waals surface area contributed by atoms with Crippen LogP contribution in [0, 0.1) is 0 Å². The van der Waals surface area contributed by atoms with Gasteiger partial charge in [0.05, 0.1) is 22.6 Å². The summed E-state index contributed by atoms with van der Waals surface area (Å²) in [5, 5.41) is 1.85. The molecule has 0 unspecified atom stereocenters. The zero-order chi connectivity index (χ0) is 18.8. The van der Waals surface area contributed by atoms with Gasteiger partial charge in [0.15, 0.2) is 0 Å². The highest BCUT2D eigenvalue weighted by Crippen LogP contribution is 2.32. The average Bonchev–Trinajstić information content (AvgIpc) is 3.02. The molecule has 0 fully saturated rings. The fourth-order valence-electron chi connectivity index (χ4n) is 2.96. The van der Waals surface area contributed by atoms with Gasteiger partial charge in [0.2, 0.25) is 0 Å². The van der Waals surface area contributed by atoms with Gasteiger partial charge in [-0.1, -0.05) is 46.9 Å². The topological polar surface area (TPSA) is 27.1 Å². The van der Waals surface area contributed by atoms with Gasteiger partial charge in [0, 0.05) is 15.6 Å². The van der Waals surface area contributed by atoms with Crippen LogP contribution in [-0.4, -0.2) is 16.2 Å². The van der Waals surface area contributed by atoms with E-state index in [2.05, 4.69) is 4.57 Å². The van der Waals surface area contributed by atoms with Crippen LogP contribution in [0.3, 0.4) is 0 Å². The van der Waals surface area contributed by atoms with Crippen LogP contribution in [0.4, 0.5) is 0 Å². The number of fused-ring (bicyclic) bond motifs is 1. The van der Waals surface area contributed by atoms with Crippen LogP contribution in [0.2, 0.25) is 15.1 Å². The zero-order valence-electron chi connectivity index (χ0n) is 14.2. The Morgan fingerprint density at radius 1 is 0.852 bits per heavy atom. The summed E-state index contributed by atoms with van der Waals surface area (Å²) in [7, 11) is 0. The lowest BCUT2D eigenvalue weighted by Crippen LogP contribution is -2.09. The minimum absolute atomic E-state index is 0.486. The number of nitrogens with zero attached hydrogens (tertiary/aromatic N) is 2. The number of aromatic nitrogens is 2. The van der Waals surface area contributed by atoms with E-state index in [1.165, 1.54) is 0 Å². The maximum absolute atomic E-state index is 6.43. The first-order valence-corrected chi connectivity index (χ1v) is 9.54. The van der Waals surface area contributed by atoms with Gasteiger partial charge in [-0.25, -0.2) is 4.98 Å². The summed E-state index contributed by atoms with van der Waals surface area (Å²) in [4.78, 5) is 4.77. The molecule has 3 nitrogen and oxygen atoms in total. The van der Waals surface area contributed by atoms with E-state index in [1.807, 2.05) is 60.7 Å². The molecule has 0 radical (unpaired) electrons. The molecule has 4 rings (SSSR count). The Balaban J connectivity index is 1.67. The third kappa shape index (κ3) is 3.91. The van der Waals surface area contributed by atoms with Crippen molar-refractivity contribution >= 4 is 45.8 Å². The molecule has 27 heavy (non-hydrogen) atoms. The van der Waals surface area contributed by atoms with Crippen LogP contribution in [0.25, 0.3) is 22.4 Å². The van der Waals surface area contributed by atoms with E-state index >= 15 is 0 Å². The van der Waals surface area contributed by atoms with E-state index in [-0.39, 0.29) is 0 Å². The van der Waals surface area contributed by atoms with Gasteiger partial charge in [0.25, 0.3) is 0 Å². The van der Waals surface area contributed by atoms with Crippen LogP contribution < -0.4 is 4.74 Å². The monoisotopic (exact) mass is 416 g/mol. The van der Waals surface area contributed by atoms with Crippen molar-refractivity contribution in [2.45, 2.75) is 6.54 Å². The highest BCUT2D eigenvalue weighted by molar-refractivity contribution is 6.36. The van der Waals surface area contributed by atoms with Crippen LogP contribution in [0.1, 0.15) is 0 Å². The van der Waals surface area contributed by atoms with Crippen molar-refractivity contribution in [3.05, 3.63) is 81.8 Å². The summed E-state index contributed by atoms with van der Waals surface area (Å²) in [5.74, 6) is 1.56. The number of rotatable bonds is 5. The summed E-state index contributed by atoms with van der Waals surface area (Å²) in [5.41, 5.74) is 2.77. The number of para-hydroxylation sites is 2. The molecule has 6 heteroatoms. The Kier molecular flexibility index (Phi) is 5.26. The summed E-state index contributed by atoms with van der Waals surface area (Å²) in [6.07, 6.45) is 0. The lowest BCUT2D eigenvalue weighted by Gasteiger charge is -2.12. The quantitative estimate of drug-likeness (QED) is 0.359. The van der Waals surface area contributed by atoms with Gasteiger partial charge in [0.1, 0.15) is 18.2 Å². The molecule has 3 aromatic carbocycles. The molecule has 136 valence electrons. The van der Waals surface area contributed by atoms with Gasteiger partial charge in [-0.15, -0.1) is 0 Å². The summed E-state index contributed by atoms with van der Waals surface area (Å²) < 4.78 is 7.97. The summed E-state index contributed by atoms with van der Waals surface area (Å²) in [6, 6.07) is 20.7. The van der Waals surface area contributed by atoms with Gasteiger partial charge in [-0.3, -0.25) is 0 Å². The second-order valence-corrected chi connectivity index (χ2v) is 7.28. The van der Waals surface area contributed by atoms with Gasteiger partial charge >= 0.3 is 0 Å². The molecular weight excluding hydrogens is 403 g/mol. The average molecular weight is 418 g/mol. The second kappa shape index (κ2) is 7.81. The molecule has 0 N–H and O–H groups in total. The van der Waals surface area contributed by atoms with E-state index < -0.39 is 0 Å². The smallest absolute Gasteiger partial charge is 0.142 e. The SMILES string of the molecule is Clc1ccc(OCCn2c(-c3ccc(Cl)cc3Cl)nc3ccccc32)cc1. The number of imidazole rings is 1. The van der Waals surface area contributed by atoms with Crippen molar-refractivity contribution < 1.29 is 4.74 Å². The molecule has 4 aromatic rings. The summed E-state index contributed by atoms with van der Waals surface area (Å²) in [6.45, 7) is 1.11. The zero-order valence-corrected chi connectivity index (χ0v) is 16.5. The standard InChI is InChI=1S/C21H15Cl3N2O/c22-14-5-8-16(9-6-14)27-12-11-26-20-4-2-1-3-19(20)25-21(26)17-10-7-15(23)13-18(17)24/h1-10,13H,11-12H2. The number of hydrogen-bond donors (Lipinski definition) is 0. The fourth-order valence-corrected chi connectivity index (χ4v) is 3.58. The van der Waals surface area contributed by atoms with E-state index in [1.54, 1.807) is 6.07 Å². The minimum Gasteiger partial charge on any atom is -0.492 e. The van der Waals surface area contributed by atoms with Gasteiger partial charge in [-0.05, 0) is 54.6 Å². The fraction of sp³-hybridized carbons (Fsp3) is 0.0952. The van der Waals surface area contributed by atoms with E-state index in [0.29, 0.717) is 28.2 Å². The number of ether oxygens (including phenoxy) is 1. The number of benzene rings is 3. The highest BCUT2D eigenvalue weighted by Gasteiger charge is 2.15. The van der Waals surface area contributed by atoms with E-state index in [4.69, 9.17) is 44.5 Å². The minimum atomic E-state index is 0.486. The molecule has 1 heterocycles. The molecule has 0 atom stereocenters. The normalized spacial score (nSPS) is 11.1. The molecule has 0 bridgehead atoms. The van der Waals surface area contributed by atoms with Crippen molar-refractivity contribution in [3.8, 4) is 17.1 Å². The molecule has 0 saturated carbocycles.